The summed E-state index contributed by atoms with van der Waals surface area (Å²) in [5, 5.41) is 1.06. The zero-order chi connectivity index (χ0) is 14.1. The Kier molecular flexibility index (Phi) is 3.43. The van der Waals surface area contributed by atoms with E-state index >= 15 is 0 Å². The molecule has 1 N–H and O–H groups in total. The maximum atomic E-state index is 12.9. The molecule has 1 unspecified atom stereocenters. The third-order valence-electron chi connectivity index (χ3n) is 3.29. The number of aromatic nitrogens is 1. The van der Waals surface area contributed by atoms with Crippen molar-refractivity contribution in [2.45, 2.75) is 6.92 Å². The van der Waals surface area contributed by atoms with Crippen LogP contribution in [0, 0.1) is 6.92 Å². The Labute approximate surface area is 121 Å². The molecular formula is C16H15NO2Se. The summed E-state index contributed by atoms with van der Waals surface area (Å²) in [7, 11) is 1.63. The van der Waals surface area contributed by atoms with Gasteiger partial charge in [-0.05, 0) is 0 Å². The van der Waals surface area contributed by atoms with Crippen LogP contribution < -0.4 is 13.7 Å². The van der Waals surface area contributed by atoms with Crippen molar-refractivity contribution in [2.75, 3.05) is 7.11 Å². The second kappa shape index (κ2) is 5.23. The predicted octanol–water partition coefficient (Wildman–Crippen LogP) is 2.02. The van der Waals surface area contributed by atoms with Gasteiger partial charge < -0.3 is 0 Å². The van der Waals surface area contributed by atoms with Gasteiger partial charge in [-0.2, -0.15) is 0 Å². The number of rotatable bonds is 3. The summed E-state index contributed by atoms with van der Waals surface area (Å²) in [5.74, 6) is 0.781. The summed E-state index contributed by atoms with van der Waals surface area (Å²) in [6.07, 6.45) is 0. The fraction of sp³-hybridized carbons (Fsp3) is 0.125. The Morgan fingerprint density at radius 1 is 1.05 bits per heavy atom. The summed E-state index contributed by atoms with van der Waals surface area (Å²) in [6.45, 7) is 1.98. The zero-order valence-corrected chi connectivity index (χ0v) is 13.1. The number of hydrogen-bond donors (Lipinski definition) is 1. The number of para-hydroxylation sites is 1. The van der Waals surface area contributed by atoms with Crippen molar-refractivity contribution in [2.24, 2.45) is 0 Å². The first-order valence-corrected chi connectivity index (χ1v) is 8.75. The molecule has 0 aliphatic rings. The molecule has 3 aromatic rings. The Morgan fingerprint density at radius 3 is 2.45 bits per heavy atom. The number of ether oxygens (including phenoxy) is 1. The molecule has 1 atom stereocenters. The molecule has 3 rings (SSSR count). The maximum absolute atomic E-state index is 12.9. The molecule has 102 valence electrons. The SMILES string of the molecule is COc1ccc([Se](=O)c2c(C)[nH]c3ccccc23)cc1. The molecule has 0 amide bonds. The summed E-state index contributed by atoms with van der Waals surface area (Å²) in [5.41, 5.74) is 2.03. The Balaban J connectivity index is 2.09. The van der Waals surface area contributed by atoms with Crippen molar-refractivity contribution >= 4 is 33.7 Å². The van der Waals surface area contributed by atoms with E-state index in [4.69, 9.17) is 4.74 Å². The molecule has 0 radical (unpaired) electrons. The number of hydrogen-bond acceptors (Lipinski definition) is 2. The van der Waals surface area contributed by atoms with Crippen LogP contribution in [0.3, 0.4) is 0 Å². The number of aryl methyl sites for hydroxylation is 1. The van der Waals surface area contributed by atoms with E-state index in [2.05, 4.69) is 4.98 Å². The summed E-state index contributed by atoms with van der Waals surface area (Å²) < 4.78 is 19.9. The van der Waals surface area contributed by atoms with E-state index in [0.29, 0.717) is 0 Å². The molecule has 4 heteroatoms. The molecule has 0 saturated carbocycles. The van der Waals surface area contributed by atoms with Crippen molar-refractivity contribution in [3.8, 4) is 5.75 Å². The van der Waals surface area contributed by atoms with E-state index in [1.807, 2.05) is 55.5 Å². The molecule has 2 aromatic carbocycles. The van der Waals surface area contributed by atoms with Crippen LogP contribution in [0.5, 0.6) is 5.75 Å². The molecule has 0 bridgehead atoms. The van der Waals surface area contributed by atoms with Crippen LogP contribution in [0.1, 0.15) is 5.69 Å². The Bertz CT molecular complexity index is 775. The van der Waals surface area contributed by atoms with Gasteiger partial charge in [-0.15, -0.1) is 0 Å². The van der Waals surface area contributed by atoms with Gasteiger partial charge in [-0.25, -0.2) is 0 Å². The van der Waals surface area contributed by atoms with Crippen LogP contribution >= 0.6 is 0 Å². The molecule has 0 fully saturated rings. The van der Waals surface area contributed by atoms with E-state index in [-0.39, 0.29) is 0 Å². The number of benzene rings is 2. The quantitative estimate of drug-likeness (QED) is 0.746. The van der Waals surface area contributed by atoms with Gasteiger partial charge in [0, 0.05) is 0 Å². The molecular weight excluding hydrogens is 317 g/mol. The van der Waals surface area contributed by atoms with Crippen LogP contribution in [-0.2, 0) is 3.83 Å². The normalized spacial score (nSPS) is 12.5. The number of nitrogens with one attached hydrogen (secondary N) is 1. The standard InChI is InChI=1S/C16H15NO2Se/c1-11-16(14-5-3-4-6-15(14)17-11)20(18)13-9-7-12(19-2)8-10-13/h3-10,17H,1-2H3. The van der Waals surface area contributed by atoms with Gasteiger partial charge in [0.05, 0.1) is 0 Å². The van der Waals surface area contributed by atoms with Crippen LogP contribution in [-0.4, -0.2) is 25.9 Å². The van der Waals surface area contributed by atoms with Crippen LogP contribution in [0.25, 0.3) is 10.9 Å². The molecule has 3 nitrogen and oxygen atoms in total. The van der Waals surface area contributed by atoms with Crippen LogP contribution in [0.4, 0.5) is 0 Å². The fourth-order valence-electron chi connectivity index (χ4n) is 2.31. The average Bonchev–Trinajstić information content (AvgIpc) is 2.82. The molecule has 0 aliphatic heterocycles. The van der Waals surface area contributed by atoms with E-state index in [1.54, 1.807) is 7.11 Å². The number of H-pyrrole nitrogens is 1. The first kappa shape index (κ1) is 13.1. The average molecular weight is 332 g/mol. The van der Waals surface area contributed by atoms with E-state index < -0.39 is 13.8 Å². The minimum atomic E-state index is -2.27. The summed E-state index contributed by atoms with van der Waals surface area (Å²) in [4.78, 5) is 3.31. The molecule has 1 aromatic heterocycles. The van der Waals surface area contributed by atoms with Gasteiger partial charge in [0.1, 0.15) is 0 Å². The number of fused-ring (bicyclic) bond motifs is 1. The second-order valence-electron chi connectivity index (χ2n) is 4.57. The topological polar surface area (TPSA) is 42.1 Å². The third-order valence-corrected chi connectivity index (χ3v) is 6.64. The first-order valence-electron chi connectivity index (χ1n) is 6.34. The van der Waals surface area contributed by atoms with Crippen molar-refractivity contribution in [3.63, 3.8) is 0 Å². The summed E-state index contributed by atoms with van der Waals surface area (Å²) in [6, 6.07) is 15.5. The third kappa shape index (κ3) is 2.17. The zero-order valence-electron chi connectivity index (χ0n) is 11.3. The van der Waals surface area contributed by atoms with Crippen molar-refractivity contribution in [1.82, 2.24) is 4.98 Å². The molecule has 20 heavy (non-hydrogen) atoms. The van der Waals surface area contributed by atoms with Crippen LogP contribution in [0.15, 0.2) is 48.5 Å². The second-order valence-corrected chi connectivity index (χ2v) is 7.54. The van der Waals surface area contributed by atoms with Gasteiger partial charge in [-0.1, -0.05) is 0 Å². The number of aromatic amines is 1. The van der Waals surface area contributed by atoms with Gasteiger partial charge in [0.25, 0.3) is 0 Å². The first-order chi connectivity index (χ1) is 9.70. The molecule has 0 saturated heterocycles. The van der Waals surface area contributed by atoms with Gasteiger partial charge in [0.2, 0.25) is 0 Å². The molecule has 1 heterocycles. The minimum absolute atomic E-state index is 0.781. The van der Waals surface area contributed by atoms with Crippen molar-refractivity contribution < 1.29 is 8.57 Å². The van der Waals surface area contributed by atoms with E-state index in [9.17, 15) is 3.83 Å². The van der Waals surface area contributed by atoms with E-state index in [0.717, 1.165) is 31.3 Å². The Hall–Kier alpha value is -1.90. The van der Waals surface area contributed by atoms with Crippen molar-refractivity contribution in [3.05, 3.63) is 54.2 Å². The monoisotopic (exact) mass is 333 g/mol. The summed E-state index contributed by atoms with van der Waals surface area (Å²) >= 11 is -2.27. The van der Waals surface area contributed by atoms with Gasteiger partial charge in [0.15, 0.2) is 0 Å². The van der Waals surface area contributed by atoms with E-state index in [1.165, 1.54) is 0 Å². The fourth-order valence-corrected chi connectivity index (χ4v) is 5.09. The molecule has 0 aliphatic carbocycles. The van der Waals surface area contributed by atoms with Crippen molar-refractivity contribution in [1.29, 1.82) is 0 Å². The molecule has 0 spiro atoms. The van der Waals surface area contributed by atoms with Gasteiger partial charge >= 0.3 is 121 Å². The van der Waals surface area contributed by atoms with Gasteiger partial charge in [-0.3, -0.25) is 0 Å². The van der Waals surface area contributed by atoms with Crippen LogP contribution in [0.2, 0.25) is 0 Å². The predicted molar refractivity (Wildman–Crippen MR) is 81.7 cm³/mol. The number of methoxy groups -OCH3 is 1. The Morgan fingerprint density at radius 2 is 1.75 bits per heavy atom.